The van der Waals surface area contributed by atoms with Crippen molar-refractivity contribution in [2.75, 3.05) is 31.5 Å². The van der Waals surface area contributed by atoms with E-state index in [4.69, 9.17) is 4.42 Å². The minimum atomic E-state index is -0.925. The number of fused-ring (bicyclic) bond motifs is 1. The third-order valence-electron chi connectivity index (χ3n) is 3.98. The average molecular weight is 320 g/mol. The summed E-state index contributed by atoms with van der Waals surface area (Å²) in [5.74, 6) is 0. The number of hydrogen-bond acceptors (Lipinski definition) is 5. The summed E-state index contributed by atoms with van der Waals surface area (Å²) in [6.07, 6.45) is 0.864. The summed E-state index contributed by atoms with van der Waals surface area (Å²) in [4.78, 5) is 23.9. The Morgan fingerprint density at radius 2 is 1.96 bits per heavy atom. The molecular formula is C16H22N3O4+. The van der Waals surface area contributed by atoms with E-state index in [2.05, 4.69) is 19.2 Å². The lowest BCUT2D eigenvalue weighted by Gasteiger charge is -2.15. The van der Waals surface area contributed by atoms with E-state index in [1.54, 1.807) is 24.3 Å². The molecule has 1 aromatic carbocycles. The summed E-state index contributed by atoms with van der Waals surface area (Å²) >= 11 is 0. The summed E-state index contributed by atoms with van der Waals surface area (Å²) in [5.41, 5.74) is -0.860. The third-order valence-corrected chi connectivity index (χ3v) is 3.98. The predicted octanol–water partition coefficient (Wildman–Crippen LogP) is 1.43. The van der Waals surface area contributed by atoms with E-state index >= 15 is 0 Å². The van der Waals surface area contributed by atoms with Gasteiger partial charge in [-0.15, -0.1) is 0 Å². The zero-order valence-corrected chi connectivity index (χ0v) is 13.4. The fourth-order valence-corrected chi connectivity index (χ4v) is 2.64. The van der Waals surface area contributed by atoms with Crippen molar-refractivity contribution in [2.45, 2.75) is 20.3 Å². The van der Waals surface area contributed by atoms with Crippen molar-refractivity contribution in [3.05, 3.63) is 44.8 Å². The molecule has 2 aromatic rings. The van der Waals surface area contributed by atoms with Gasteiger partial charge in [-0.2, -0.15) is 0 Å². The molecule has 0 bridgehead atoms. The molecule has 7 nitrogen and oxygen atoms in total. The highest BCUT2D eigenvalue weighted by Gasteiger charge is 2.24. The van der Waals surface area contributed by atoms with Gasteiger partial charge in [0.25, 0.3) is 0 Å². The van der Waals surface area contributed by atoms with Crippen LogP contribution in [0.25, 0.3) is 11.0 Å². The van der Waals surface area contributed by atoms with E-state index in [-0.39, 0.29) is 5.69 Å². The smallest absolute Gasteiger partial charge is 0.417 e. The Morgan fingerprint density at radius 1 is 1.26 bits per heavy atom. The van der Waals surface area contributed by atoms with E-state index in [0.29, 0.717) is 17.5 Å². The second-order valence-corrected chi connectivity index (χ2v) is 5.35. The number of rotatable bonds is 8. The van der Waals surface area contributed by atoms with Crippen molar-refractivity contribution in [3.8, 4) is 0 Å². The summed E-state index contributed by atoms with van der Waals surface area (Å²) in [5, 5.41) is 14.8. The number of nitro groups is 1. The van der Waals surface area contributed by atoms with Gasteiger partial charge in [-0.3, -0.25) is 10.1 Å². The molecule has 1 aromatic heterocycles. The highest BCUT2D eigenvalue weighted by atomic mass is 16.6. The molecule has 7 heteroatoms. The van der Waals surface area contributed by atoms with Gasteiger partial charge in [-0.25, -0.2) is 4.79 Å². The number of para-hydroxylation sites is 1. The lowest BCUT2D eigenvalue weighted by molar-refractivity contribution is -0.896. The molecule has 0 aliphatic heterocycles. The lowest BCUT2D eigenvalue weighted by atomic mass is 10.2. The van der Waals surface area contributed by atoms with Gasteiger partial charge in [0, 0.05) is 18.4 Å². The van der Waals surface area contributed by atoms with E-state index in [1.807, 2.05) is 0 Å². The Morgan fingerprint density at radius 3 is 2.61 bits per heavy atom. The molecule has 0 saturated carbocycles. The predicted molar refractivity (Wildman–Crippen MR) is 89.2 cm³/mol. The van der Waals surface area contributed by atoms with Crippen LogP contribution in [-0.2, 0) is 0 Å². The first-order chi connectivity index (χ1) is 11.1. The Labute approximate surface area is 134 Å². The van der Waals surface area contributed by atoms with Crippen molar-refractivity contribution >= 4 is 22.3 Å². The minimum Gasteiger partial charge on any atom is -0.418 e. The Kier molecular flexibility index (Phi) is 5.70. The van der Waals surface area contributed by atoms with Crippen LogP contribution in [0.5, 0.6) is 0 Å². The van der Waals surface area contributed by atoms with E-state index in [9.17, 15) is 14.9 Å². The highest BCUT2D eigenvalue weighted by Crippen LogP contribution is 2.29. The van der Waals surface area contributed by atoms with Gasteiger partial charge >= 0.3 is 11.3 Å². The van der Waals surface area contributed by atoms with Crippen LogP contribution in [0.1, 0.15) is 20.3 Å². The quantitative estimate of drug-likeness (QED) is 0.332. The van der Waals surface area contributed by atoms with Crippen molar-refractivity contribution in [1.29, 1.82) is 0 Å². The third kappa shape index (κ3) is 3.87. The lowest BCUT2D eigenvalue weighted by Crippen LogP contribution is -3.11. The summed E-state index contributed by atoms with van der Waals surface area (Å²) in [6, 6.07) is 6.83. The first-order valence-corrected chi connectivity index (χ1v) is 7.86. The Bertz CT molecular complexity index is 738. The zero-order chi connectivity index (χ0) is 16.8. The molecule has 124 valence electrons. The van der Waals surface area contributed by atoms with Gasteiger partial charge in [0.15, 0.2) is 0 Å². The van der Waals surface area contributed by atoms with Crippen LogP contribution in [0.4, 0.5) is 11.4 Å². The van der Waals surface area contributed by atoms with Gasteiger partial charge in [-0.05, 0) is 26.0 Å². The number of quaternary nitrogens is 1. The SMILES string of the molecule is CC[NH+](CC)CCCNc1c([N+](=O)[O-])c(=O)oc2ccccc12. The maximum absolute atomic E-state index is 11.9. The molecule has 2 rings (SSSR count). The topological polar surface area (TPSA) is 89.8 Å². The average Bonchev–Trinajstić information content (AvgIpc) is 2.54. The maximum Gasteiger partial charge on any atom is 0.417 e. The van der Waals surface area contributed by atoms with Crippen LogP contribution in [-0.4, -0.2) is 31.1 Å². The Balaban J connectivity index is 2.25. The first-order valence-electron chi connectivity index (χ1n) is 7.86. The summed E-state index contributed by atoms with van der Waals surface area (Å²) < 4.78 is 5.03. The normalized spacial score (nSPS) is 11.1. The second kappa shape index (κ2) is 7.73. The van der Waals surface area contributed by atoms with E-state index < -0.39 is 16.2 Å². The molecule has 0 aliphatic carbocycles. The van der Waals surface area contributed by atoms with E-state index in [0.717, 1.165) is 26.1 Å². The van der Waals surface area contributed by atoms with Crippen LogP contribution in [0, 0.1) is 10.1 Å². The monoisotopic (exact) mass is 320 g/mol. The number of anilines is 1. The van der Waals surface area contributed by atoms with Crippen LogP contribution < -0.4 is 15.8 Å². The number of nitrogens with zero attached hydrogens (tertiary/aromatic N) is 1. The maximum atomic E-state index is 11.9. The molecule has 0 atom stereocenters. The van der Waals surface area contributed by atoms with Gasteiger partial charge in [0.1, 0.15) is 11.3 Å². The van der Waals surface area contributed by atoms with Gasteiger partial charge < -0.3 is 14.6 Å². The van der Waals surface area contributed by atoms with Gasteiger partial charge in [0.05, 0.1) is 24.6 Å². The zero-order valence-electron chi connectivity index (χ0n) is 13.4. The second-order valence-electron chi connectivity index (χ2n) is 5.35. The molecule has 0 unspecified atom stereocenters. The van der Waals surface area contributed by atoms with Crippen molar-refractivity contribution < 1.29 is 14.2 Å². The number of benzene rings is 1. The highest BCUT2D eigenvalue weighted by molar-refractivity contribution is 5.94. The van der Waals surface area contributed by atoms with E-state index in [1.165, 1.54) is 4.90 Å². The van der Waals surface area contributed by atoms with Gasteiger partial charge in [-0.1, -0.05) is 12.1 Å². The minimum absolute atomic E-state index is 0.247. The molecule has 2 N–H and O–H groups in total. The molecule has 0 spiro atoms. The number of nitrogens with one attached hydrogen (secondary N) is 2. The molecule has 0 aliphatic rings. The van der Waals surface area contributed by atoms with Crippen LogP contribution in [0.15, 0.2) is 33.5 Å². The molecule has 23 heavy (non-hydrogen) atoms. The Hall–Kier alpha value is -2.41. The van der Waals surface area contributed by atoms with Crippen LogP contribution in [0.3, 0.4) is 0 Å². The molecule has 0 saturated heterocycles. The fraction of sp³-hybridized carbons (Fsp3) is 0.438. The van der Waals surface area contributed by atoms with Gasteiger partial charge in [0.2, 0.25) is 0 Å². The first kappa shape index (κ1) is 17.0. The molecule has 0 radical (unpaired) electrons. The summed E-state index contributed by atoms with van der Waals surface area (Å²) in [6.45, 7) is 7.91. The van der Waals surface area contributed by atoms with Crippen molar-refractivity contribution in [3.63, 3.8) is 0 Å². The largest absolute Gasteiger partial charge is 0.418 e. The standard InChI is InChI=1S/C16H21N3O4/c1-3-18(4-2)11-7-10-17-14-12-8-5-6-9-13(12)23-16(20)15(14)19(21)22/h5-6,8-9,17H,3-4,7,10-11H2,1-2H3/p+1. The van der Waals surface area contributed by atoms with Crippen LogP contribution in [0.2, 0.25) is 0 Å². The molecule has 0 fully saturated rings. The molecule has 1 heterocycles. The fourth-order valence-electron chi connectivity index (χ4n) is 2.64. The number of hydrogen-bond donors (Lipinski definition) is 2. The van der Waals surface area contributed by atoms with Crippen molar-refractivity contribution in [1.82, 2.24) is 0 Å². The van der Waals surface area contributed by atoms with Crippen molar-refractivity contribution in [2.24, 2.45) is 0 Å². The molecule has 0 amide bonds. The molecular weight excluding hydrogens is 298 g/mol. The summed E-state index contributed by atoms with van der Waals surface area (Å²) in [7, 11) is 0. The van der Waals surface area contributed by atoms with Crippen LogP contribution >= 0.6 is 0 Å².